The van der Waals surface area contributed by atoms with Crippen LogP contribution in [0, 0.1) is 25.2 Å². The van der Waals surface area contributed by atoms with Gasteiger partial charge in [-0.2, -0.15) is 5.26 Å². The van der Waals surface area contributed by atoms with E-state index < -0.39 is 17.1 Å². The zero-order chi connectivity index (χ0) is 23.3. The van der Waals surface area contributed by atoms with Crippen molar-refractivity contribution in [1.82, 2.24) is 4.90 Å². The van der Waals surface area contributed by atoms with Gasteiger partial charge in [-0.1, -0.05) is 24.3 Å². The zero-order valence-corrected chi connectivity index (χ0v) is 18.6. The third kappa shape index (κ3) is 5.10. The van der Waals surface area contributed by atoms with E-state index in [0.717, 1.165) is 27.8 Å². The molecule has 0 spiro atoms. The number of carbonyl (C=O) groups excluding carboxylic acids is 3. The Balaban J connectivity index is 1.73. The molecule has 0 saturated carbocycles. The minimum atomic E-state index is -0.541. The second kappa shape index (κ2) is 10.0. The number of imide groups is 1. The van der Waals surface area contributed by atoms with Crippen LogP contribution in [0.1, 0.15) is 16.7 Å². The van der Waals surface area contributed by atoms with E-state index in [1.807, 2.05) is 38.1 Å². The molecule has 1 aliphatic rings. The largest absolute Gasteiger partial charge is 0.493 e. The van der Waals surface area contributed by atoms with Crippen molar-refractivity contribution in [3.8, 4) is 17.6 Å². The van der Waals surface area contributed by atoms with Crippen molar-refractivity contribution in [3.05, 3.63) is 58.0 Å². The SMILES string of the molecule is COc1cc(/C=C2\SC(=O)N(CC(=O)Nc3c(C)cccc3C)C2=O)ccc1OCC#N. The Bertz CT molecular complexity index is 1130. The van der Waals surface area contributed by atoms with Gasteiger partial charge in [0.1, 0.15) is 12.6 Å². The summed E-state index contributed by atoms with van der Waals surface area (Å²) in [7, 11) is 1.46. The average Bonchev–Trinajstić information content (AvgIpc) is 3.02. The first kappa shape index (κ1) is 22.9. The summed E-state index contributed by atoms with van der Waals surface area (Å²) in [6.07, 6.45) is 1.55. The quantitative estimate of drug-likeness (QED) is 0.636. The van der Waals surface area contributed by atoms with Crippen molar-refractivity contribution in [2.45, 2.75) is 13.8 Å². The highest BCUT2D eigenvalue weighted by atomic mass is 32.2. The summed E-state index contributed by atoms with van der Waals surface area (Å²) >= 11 is 0.766. The van der Waals surface area contributed by atoms with Crippen LogP contribution in [0.4, 0.5) is 10.5 Å². The van der Waals surface area contributed by atoms with Crippen LogP contribution in [0.25, 0.3) is 6.08 Å². The third-order valence-electron chi connectivity index (χ3n) is 4.70. The third-order valence-corrected chi connectivity index (χ3v) is 5.61. The van der Waals surface area contributed by atoms with Gasteiger partial charge in [-0.25, -0.2) is 0 Å². The van der Waals surface area contributed by atoms with Gasteiger partial charge in [0.2, 0.25) is 5.91 Å². The van der Waals surface area contributed by atoms with Gasteiger partial charge in [-0.15, -0.1) is 0 Å². The fourth-order valence-corrected chi connectivity index (χ4v) is 3.96. The summed E-state index contributed by atoms with van der Waals surface area (Å²) < 4.78 is 10.5. The lowest BCUT2D eigenvalue weighted by atomic mass is 10.1. The number of thioether (sulfide) groups is 1. The molecule has 0 atom stereocenters. The Kier molecular flexibility index (Phi) is 7.18. The predicted octanol–water partition coefficient (Wildman–Crippen LogP) is 3.89. The summed E-state index contributed by atoms with van der Waals surface area (Å²) in [6.45, 7) is 3.24. The maximum atomic E-state index is 12.7. The van der Waals surface area contributed by atoms with Crippen molar-refractivity contribution in [2.75, 3.05) is 25.6 Å². The monoisotopic (exact) mass is 451 g/mol. The molecule has 1 fully saturated rings. The number of nitriles is 1. The molecule has 2 aromatic carbocycles. The van der Waals surface area contributed by atoms with Gasteiger partial charge in [0.05, 0.1) is 12.0 Å². The number of amides is 3. The highest BCUT2D eigenvalue weighted by Crippen LogP contribution is 2.34. The van der Waals surface area contributed by atoms with Gasteiger partial charge in [0.15, 0.2) is 18.1 Å². The van der Waals surface area contributed by atoms with Crippen LogP contribution >= 0.6 is 11.8 Å². The second-order valence-corrected chi connectivity index (χ2v) is 7.93. The summed E-state index contributed by atoms with van der Waals surface area (Å²) in [5.41, 5.74) is 3.06. The van der Waals surface area contributed by atoms with Crippen LogP contribution < -0.4 is 14.8 Å². The lowest BCUT2D eigenvalue weighted by Crippen LogP contribution is -2.36. The average molecular weight is 452 g/mol. The molecule has 2 aromatic rings. The van der Waals surface area contributed by atoms with E-state index in [-0.39, 0.29) is 18.1 Å². The fraction of sp³-hybridized carbons (Fsp3) is 0.217. The Hall–Kier alpha value is -3.77. The smallest absolute Gasteiger partial charge is 0.294 e. The Labute approximate surface area is 189 Å². The summed E-state index contributed by atoms with van der Waals surface area (Å²) in [5.74, 6) is -0.212. The van der Waals surface area contributed by atoms with Gasteiger partial charge >= 0.3 is 0 Å². The van der Waals surface area contributed by atoms with E-state index in [4.69, 9.17) is 14.7 Å². The number of ether oxygens (including phenoxy) is 2. The molecule has 0 unspecified atom stereocenters. The van der Waals surface area contributed by atoms with Crippen molar-refractivity contribution in [3.63, 3.8) is 0 Å². The van der Waals surface area contributed by atoms with Crippen LogP contribution in [-0.4, -0.2) is 42.2 Å². The molecule has 3 rings (SSSR count). The highest BCUT2D eigenvalue weighted by Gasteiger charge is 2.36. The standard InChI is InChI=1S/C23H21N3O5S/c1-14-5-4-6-15(2)21(14)25-20(27)13-26-22(28)19(32-23(26)29)12-16-7-8-17(31-10-9-24)18(11-16)30-3/h4-8,11-12H,10,13H2,1-3H3,(H,25,27)/b19-12-. The van der Waals surface area contributed by atoms with Crippen molar-refractivity contribution in [2.24, 2.45) is 0 Å². The molecule has 1 saturated heterocycles. The zero-order valence-electron chi connectivity index (χ0n) is 17.8. The van der Waals surface area contributed by atoms with E-state index in [1.165, 1.54) is 7.11 Å². The number of benzene rings is 2. The number of hydrogen-bond acceptors (Lipinski definition) is 7. The first-order valence-corrected chi connectivity index (χ1v) is 10.4. The molecule has 1 aliphatic heterocycles. The van der Waals surface area contributed by atoms with Crippen LogP contribution in [0.2, 0.25) is 0 Å². The molecule has 32 heavy (non-hydrogen) atoms. The van der Waals surface area contributed by atoms with E-state index in [0.29, 0.717) is 22.7 Å². The number of nitrogens with zero attached hydrogens (tertiary/aromatic N) is 2. The molecular formula is C23H21N3O5S. The van der Waals surface area contributed by atoms with E-state index >= 15 is 0 Å². The minimum absolute atomic E-state index is 0.126. The second-order valence-electron chi connectivity index (χ2n) is 6.94. The van der Waals surface area contributed by atoms with Crippen LogP contribution in [0.5, 0.6) is 11.5 Å². The Morgan fingerprint density at radius 3 is 2.56 bits per heavy atom. The molecule has 164 valence electrons. The number of para-hydroxylation sites is 1. The van der Waals surface area contributed by atoms with Crippen LogP contribution in [-0.2, 0) is 9.59 Å². The van der Waals surface area contributed by atoms with Crippen LogP contribution in [0.3, 0.4) is 0 Å². The predicted molar refractivity (Wildman–Crippen MR) is 121 cm³/mol. The maximum Gasteiger partial charge on any atom is 0.294 e. The van der Waals surface area contributed by atoms with Crippen molar-refractivity contribution in [1.29, 1.82) is 5.26 Å². The number of carbonyl (C=O) groups is 3. The van der Waals surface area contributed by atoms with Gasteiger partial charge in [0, 0.05) is 5.69 Å². The van der Waals surface area contributed by atoms with E-state index in [1.54, 1.807) is 24.3 Å². The summed E-state index contributed by atoms with van der Waals surface area (Å²) in [4.78, 5) is 38.7. The number of hydrogen-bond donors (Lipinski definition) is 1. The summed E-state index contributed by atoms with van der Waals surface area (Å²) in [5, 5.41) is 10.9. The minimum Gasteiger partial charge on any atom is -0.493 e. The molecular weight excluding hydrogens is 430 g/mol. The molecule has 0 aliphatic carbocycles. The molecule has 1 N–H and O–H groups in total. The molecule has 0 bridgehead atoms. The number of aryl methyl sites for hydroxylation is 2. The lowest BCUT2D eigenvalue weighted by molar-refractivity contribution is -0.127. The van der Waals surface area contributed by atoms with Gasteiger partial charge in [0.25, 0.3) is 11.1 Å². The summed E-state index contributed by atoms with van der Waals surface area (Å²) in [6, 6.07) is 12.4. The molecule has 3 amide bonds. The molecule has 9 heteroatoms. The normalized spacial score (nSPS) is 14.4. The molecule has 1 heterocycles. The van der Waals surface area contributed by atoms with Crippen molar-refractivity contribution < 1.29 is 23.9 Å². The molecule has 0 aromatic heterocycles. The topological polar surface area (TPSA) is 109 Å². The lowest BCUT2D eigenvalue weighted by Gasteiger charge is -2.15. The first-order valence-electron chi connectivity index (χ1n) is 9.63. The van der Waals surface area contributed by atoms with E-state index in [9.17, 15) is 14.4 Å². The van der Waals surface area contributed by atoms with Crippen molar-refractivity contribution >= 4 is 40.6 Å². The maximum absolute atomic E-state index is 12.7. The molecule has 0 radical (unpaired) electrons. The molecule has 8 nitrogen and oxygen atoms in total. The number of anilines is 1. The van der Waals surface area contributed by atoms with Gasteiger partial charge in [-0.3, -0.25) is 19.3 Å². The first-order chi connectivity index (χ1) is 15.3. The van der Waals surface area contributed by atoms with E-state index in [2.05, 4.69) is 5.32 Å². The fourth-order valence-electron chi connectivity index (χ4n) is 3.13. The van der Waals surface area contributed by atoms with Gasteiger partial charge in [-0.05, 0) is 60.5 Å². The number of nitrogens with one attached hydrogen (secondary N) is 1. The number of methoxy groups -OCH3 is 1. The Morgan fingerprint density at radius 2 is 1.91 bits per heavy atom. The highest BCUT2D eigenvalue weighted by molar-refractivity contribution is 8.18. The van der Waals surface area contributed by atoms with Crippen LogP contribution in [0.15, 0.2) is 41.3 Å². The van der Waals surface area contributed by atoms with Gasteiger partial charge < -0.3 is 14.8 Å². The Morgan fingerprint density at radius 1 is 1.19 bits per heavy atom. The number of rotatable bonds is 7.